The number of furan rings is 1. The fraction of sp³-hybridized carbons (Fsp3) is 0.444. The Morgan fingerprint density at radius 2 is 1.96 bits per heavy atom. The van der Waals surface area contributed by atoms with Crippen LogP contribution in [0.15, 0.2) is 46.3 Å². The molecule has 0 saturated heterocycles. The highest BCUT2D eigenvalue weighted by Gasteiger charge is 2.11. The molecule has 144 valence electrons. The van der Waals surface area contributed by atoms with Crippen LogP contribution in [0.25, 0.3) is 0 Å². The molecule has 0 aliphatic rings. The van der Waals surface area contributed by atoms with Crippen LogP contribution < -0.4 is 16.0 Å². The summed E-state index contributed by atoms with van der Waals surface area (Å²) in [4.78, 5) is 16.4. The Hall–Kier alpha value is -1.97. The van der Waals surface area contributed by atoms with Gasteiger partial charge in [0, 0.05) is 50.7 Å². The topological polar surface area (TPSA) is 83.6 Å². The number of hydrogen-bond donors (Lipinski definition) is 3. The number of aromatic nitrogens is 1. The summed E-state index contributed by atoms with van der Waals surface area (Å²) in [6.45, 7) is 7.58. The molecule has 3 N–H and O–H groups in total. The monoisotopic (exact) mass is 473 g/mol. The summed E-state index contributed by atoms with van der Waals surface area (Å²) >= 11 is 0. The molecule has 0 radical (unpaired) electrons. The fourth-order valence-electron chi connectivity index (χ4n) is 2.32. The molecule has 0 saturated carbocycles. The maximum atomic E-state index is 11.9. The lowest BCUT2D eigenvalue weighted by molar-refractivity contribution is 0.0925. The minimum Gasteiger partial charge on any atom is -0.459 e. The molecule has 2 heterocycles. The number of halogens is 1. The maximum Gasteiger partial charge on any atom is 0.287 e. The zero-order valence-corrected chi connectivity index (χ0v) is 17.7. The van der Waals surface area contributed by atoms with Crippen molar-refractivity contribution < 1.29 is 9.21 Å². The Morgan fingerprint density at radius 3 is 2.62 bits per heavy atom. The van der Waals surface area contributed by atoms with E-state index in [9.17, 15) is 4.79 Å². The molecule has 26 heavy (non-hydrogen) atoms. The van der Waals surface area contributed by atoms with Crippen molar-refractivity contribution in [2.45, 2.75) is 26.8 Å². The van der Waals surface area contributed by atoms with Crippen LogP contribution in [-0.2, 0) is 6.54 Å². The predicted molar refractivity (Wildman–Crippen MR) is 114 cm³/mol. The molecule has 0 atom stereocenters. The van der Waals surface area contributed by atoms with E-state index >= 15 is 0 Å². The summed E-state index contributed by atoms with van der Waals surface area (Å²) < 4.78 is 7.28. The van der Waals surface area contributed by atoms with Gasteiger partial charge >= 0.3 is 0 Å². The van der Waals surface area contributed by atoms with Gasteiger partial charge in [-0.25, -0.2) is 0 Å². The van der Waals surface area contributed by atoms with Crippen LogP contribution in [0.4, 0.5) is 0 Å². The van der Waals surface area contributed by atoms with E-state index in [2.05, 4.69) is 25.5 Å². The molecule has 0 bridgehead atoms. The number of aliphatic imine (C=N–C) groups is 1. The molecule has 1 amide bonds. The number of nitrogens with zero attached hydrogens (tertiary/aromatic N) is 2. The molecule has 0 aliphatic carbocycles. The Balaban J connectivity index is 0.00000338. The molecule has 7 nitrogen and oxygen atoms in total. The van der Waals surface area contributed by atoms with E-state index in [0.29, 0.717) is 18.8 Å². The smallest absolute Gasteiger partial charge is 0.287 e. The standard InChI is InChI=1S/C18H27N5O2.HI/c1-3-19-18(22-10-13-23-11-4-5-12-23)21-9-6-8-20-17(24)16-15(2)7-14-25-16;/h4-5,7,11-12,14H,3,6,8-10,13H2,1-2H3,(H,20,24)(H2,19,21,22);1H. The SMILES string of the molecule is CCNC(=NCCCNC(=O)c1occc1C)NCCn1cccc1.I. The van der Waals surface area contributed by atoms with Crippen LogP contribution in [0.5, 0.6) is 0 Å². The number of carbonyl (C=O) groups excluding carboxylic acids is 1. The molecule has 0 spiro atoms. The molecule has 0 fully saturated rings. The first-order valence-corrected chi connectivity index (χ1v) is 8.66. The van der Waals surface area contributed by atoms with Crippen molar-refractivity contribution in [3.05, 3.63) is 48.2 Å². The van der Waals surface area contributed by atoms with Gasteiger partial charge in [0.15, 0.2) is 11.7 Å². The number of amides is 1. The highest BCUT2D eigenvalue weighted by molar-refractivity contribution is 14.0. The van der Waals surface area contributed by atoms with E-state index < -0.39 is 0 Å². The van der Waals surface area contributed by atoms with E-state index in [-0.39, 0.29) is 29.9 Å². The van der Waals surface area contributed by atoms with E-state index in [0.717, 1.165) is 37.6 Å². The Morgan fingerprint density at radius 1 is 1.19 bits per heavy atom. The first-order valence-electron chi connectivity index (χ1n) is 8.66. The van der Waals surface area contributed by atoms with Gasteiger partial charge in [-0.1, -0.05) is 0 Å². The van der Waals surface area contributed by atoms with E-state index in [1.807, 2.05) is 38.4 Å². The van der Waals surface area contributed by atoms with Crippen molar-refractivity contribution in [2.24, 2.45) is 4.99 Å². The van der Waals surface area contributed by atoms with Crippen LogP contribution in [0, 0.1) is 6.92 Å². The zero-order valence-electron chi connectivity index (χ0n) is 15.3. The third kappa shape index (κ3) is 7.51. The molecule has 2 aromatic rings. The number of aryl methyl sites for hydroxylation is 1. The molecule has 8 heteroatoms. The van der Waals surface area contributed by atoms with Gasteiger partial charge in [-0.2, -0.15) is 0 Å². The lowest BCUT2D eigenvalue weighted by Crippen LogP contribution is -2.39. The number of nitrogens with one attached hydrogen (secondary N) is 3. The lowest BCUT2D eigenvalue weighted by atomic mass is 10.2. The van der Waals surface area contributed by atoms with Crippen LogP contribution in [0.2, 0.25) is 0 Å². The van der Waals surface area contributed by atoms with Crippen molar-refractivity contribution in [2.75, 3.05) is 26.2 Å². The second-order valence-corrected chi connectivity index (χ2v) is 5.65. The number of rotatable bonds is 9. The first-order chi connectivity index (χ1) is 12.2. The van der Waals surface area contributed by atoms with E-state index in [1.165, 1.54) is 6.26 Å². The molecular weight excluding hydrogens is 445 g/mol. The van der Waals surface area contributed by atoms with Crippen molar-refractivity contribution in [1.29, 1.82) is 0 Å². The minimum atomic E-state index is -0.178. The summed E-state index contributed by atoms with van der Waals surface area (Å²) in [5.74, 6) is 0.995. The third-order valence-corrected chi connectivity index (χ3v) is 3.63. The largest absolute Gasteiger partial charge is 0.459 e. The summed E-state index contributed by atoms with van der Waals surface area (Å²) in [5, 5.41) is 9.37. The quantitative estimate of drug-likeness (QED) is 0.226. The Bertz CT molecular complexity index is 667. The average molecular weight is 473 g/mol. The summed E-state index contributed by atoms with van der Waals surface area (Å²) in [7, 11) is 0. The molecule has 0 unspecified atom stereocenters. The van der Waals surface area contributed by atoms with Gasteiger partial charge in [-0.3, -0.25) is 9.79 Å². The Kier molecular flexibility index (Phi) is 10.5. The van der Waals surface area contributed by atoms with Crippen LogP contribution in [0.3, 0.4) is 0 Å². The predicted octanol–water partition coefficient (Wildman–Crippen LogP) is 2.38. The lowest BCUT2D eigenvalue weighted by Gasteiger charge is -2.11. The second-order valence-electron chi connectivity index (χ2n) is 5.65. The van der Waals surface area contributed by atoms with Gasteiger partial charge in [-0.05, 0) is 38.5 Å². The van der Waals surface area contributed by atoms with Crippen LogP contribution in [0.1, 0.15) is 29.5 Å². The van der Waals surface area contributed by atoms with Gasteiger partial charge in [0.05, 0.1) is 6.26 Å². The van der Waals surface area contributed by atoms with Gasteiger partial charge in [-0.15, -0.1) is 24.0 Å². The molecular formula is C18H28IN5O2. The summed E-state index contributed by atoms with van der Waals surface area (Å²) in [6, 6.07) is 5.80. The van der Waals surface area contributed by atoms with Gasteiger partial charge in [0.2, 0.25) is 0 Å². The van der Waals surface area contributed by atoms with E-state index in [1.54, 1.807) is 6.07 Å². The van der Waals surface area contributed by atoms with Crippen molar-refractivity contribution >= 4 is 35.8 Å². The molecule has 0 aliphatic heterocycles. The highest BCUT2D eigenvalue weighted by atomic mass is 127. The average Bonchev–Trinajstić information content (AvgIpc) is 3.26. The molecule has 2 aromatic heterocycles. The zero-order chi connectivity index (χ0) is 17.9. The van der Waals surface area contributed by atoms with Crippen molar-refractivity contribution in [3.8, 4) is 0 Å². The molecule has 2 rings (SSSR count). The van der Waals surface area contributed by atoms with Crippen molar-refractivity contribution in [3.63, 3.8) is 0 Å². The van der Waals surface area contributed by atoms with Crippen LogP contribution in [-0.4, -0.2) is 42.6 Å². The number of carbonyl (C=O) groups is 1. The third-order valence-electron chi connectivity index (χ3n) is 3.63. The van der Waals surface area contributed by atoms with Gasteiger partial charge < -0.3 is 24.9 Å². The first kappa shape index (κ1) is 22.1. The molecule has 0 aromatic carbocycles. The van der Waals surface area contributed by atoms with Crippen molar-refractivity contribution in [1.82, 2.24) is 20.5 Å². The second kappa shape index (κ2) is 12.4. The maximum absolute atomic E-state index is 11.9. The number of hydrogen-bond acceptors (Lipinski definition) is 3. The Labute approximate surface area is 171 Å². The highest BCUT2D eigenvalue weighted by Crippen LogP contribution is 2.07. The summed E-state index contributed by atoms with van der Waals surface area (Å²) in [5.41, 5.74) is 0.844. The van der Waals surface area contributed by atoms with E-state index in [4.69, 9.17) is 4.42 Å². The van der Waals surface area contributed by atoms with Gasteiger partial charge in [0.25, 0.3) is 5.91 Å². The minimum absolute atomic E-state index is 0. The fourth-order valence-corrected chi connectivity index (χ4v) is 2.32. The van der Waals surface area contributed by atoms with Crippen LogP contribution >= 0.6 is 24.0 Å². The number of guanidine groups is 1. The van der Waals surface area contributed by atoms with Gasteiger partial charge in [0.1, 0.15) is 0 Å². The summed E-state index contributed by atoms with van der Waals surface area (Å²) in [6.07, 6.45) is 6.36. The normalized spacial score (nSPS) is 10.9.